The van der Waals surface area contributed by atoms with E-state index < -0.39 is 15.9 Å². The molecule has 1 atom stereocenters. The van der Waals surface area contributed by atoms with Gasteiger partial charge in [0.15, 0.2) is 9.84 Å². The number of rotatable bonds is 4. The number of hydrogen-bond acceptors (Lipinski definition) is 5. The molecule has 1 saturated heterocycles. The van der Waals surface area contributed by atoms with Crippen LogP contribution in [0.2, 0.25) is 0 Å². The first-order chi connectivity index (χ1) is 13.9. The van der Waals surface area contributed by atoms with E-state index in [9.17, 15) is 18.0 Å². The highest BCUT2D eigenvalue weighted by Gasteiger charge is 2.35. The number of benzene rings is 2. The van der Waals surface area contributed by atoms with Gasteiger partial charge in [0.05, 0.1) is 28.5 Å². The van der Waals surface area contributed by atoms with Gasteiger partial charge in [0.2, 0.25) is 5.91 Å². The maximum atomic E-state index is 13.3. The zero-order valence-electron chi connectivity index (χ0n) is 16.0. The molecule has 0 unspecified atom stereocenters. The third-order valence-corrected chi connectivity index (χ3v) is 6.97. The Labute approximate surface area is 168 Å². The smallest absolute Gasteiger partial charge is 0.261 e. The highest BCUT2D eigenvalue weighted by molar-refractivity contribution is 7.91. The number of aromatic nitrogens is 2. The Morgan fingerprint density at radius 1 is 1.14 bits per heavy atom. The number of hydrogen-bond donors (Lipinski definition) is 0. The predicted molar refractivity (Wildman–Crippen MR) is 112 cm³/mol. The van der Waals surface area contributed by atoms with E-state index in [1.807, 2.05) is 6.07 Å². The van der Waals surface area contributed by atoms with Crippen molar-refractivity contribution in [1.82, 2.24) is 9.55 Å². The summed E-state index contributed by atoms with van der Waals surface area (Å²) in [5.74, 6) is 0.0946. The van der Waals surface area contributed by atoms with Gasteiger partial charge in [-0.3, -0.25) is 14.2 Å². The minimum absolute atomic E-state index is 0.0603. The van der Waals surface area contributed by atoms with E-state index in [0.29, 0.717) is 28.8 Å². The van der Waals surface area contributed by atoms with E-state index in [1.165, 1.54) is 9.47 Å². The molecule has 1 aliphatic rings. The second kappa shape index (κ2) is 7.44. The van der Waals surface area contributed by atoms with Crippen LogP contribution in [0.15, 0.2) is 59.4 Å². The molecule has 1 fully saturated rings. The van der Waals surface area contributed by atoms with Crippen LogP contribution in [0.3, 0.4) is 0 Å². The van der Waals surface area contributed by atoms with Crippen molar-refractivity contribution in [3.05, 3.63) is 70.8 Å². The number of aryl methyl sites for hydroxylation is 1. The van der Waals surface area contributed by atoms with Crippen molar-refractivity contribution in [2.45, 2.75) is 25.9 Å². The molecule has 0 N–H and O–H groups in total. The Morgan fingerprint density at radius 3 is 2.52 bits per heavy atom. The first-order valence-electron chi connectivity index (χ1n) is 9.39. The summed E-state index contributed by atoms with van der Waals surface area (Å²) in [5.41, 5.74) is 0.924. The molecule has 29 heavy (non-hydrogen) atoms. The van der Waals surface area contributed by atoms with Crippen LogP contribution in [0.25, 0.3) is 10.9 Å². The van der Waals surface area contributed by atoms with Gasteiger partial charge in [0.25, 0.3) is 5.56 Å². The molecule has 0 saturated carbocycles. The summed E-state index contributed by atoms with van der Waals surface area (Å²) in [6, 6.07) is 15.5. The van der Waals surface area contributed by atoms with Crippen LogP contribution in [0.5, 0.6) is 0 Å². The van der Waals surface area contributed by atoms with Gasteiger partial charge in [-0.1, -0.05) is 30.3 Å². The average Bonchev–Trinajstić information content (AvgIpc) is 3.05. The van der Waals surface area contributed by atoms with Crippen molar-refractivity contribution < 1.29 is 13.2 Å². The fraction of sp³-hybridized carbons (Fsp3) is 0.286. The third-order valence-electron chi connectivity index (χ3n) is 5.22. The Balaban J connectivity index is 1.73. The quantitative estimate of drug-likeness (QED) is 0.654. The largest absolute Gasteiger partial charge is 0.307 e. The van der Waals surface area contributed by atoms with Crippen molar-refractivity contribution in [1.29, 1.82) is 0 Å². The molecule has 2 heterocycles. The third kappa shape index (κ3) is 3.80. The van der Waals surface area contributed by atoms with Crippen LogP contribution in [0, 0.1) is 6.92 Å². The first kappa shape index (κ1) is 19.3. The molecule has 4 rings (SSSR count). The van der Waals surface area contributed by atoms with E-state index in [2.05, 4.69) is 4.98 Å². The number of sulfone groups is 1. The van der Waals surface area contributed by atoms with Crippen LogP contribution < -0.4 is 10.5 Å². The van der Waals surface area contributed by atoms with Crippen LogP contribution in [0.4, 0.5) is 5.69 Å². The molecule has 1 aromatic heterocycles. The van der Waals surface area contributed by atoms with Crippen molar-refractivity contribution in [2.24, 2.45) is 0 Å². The van der Waals surface area contributed by atoms with E-state index in [1.54, 1.807) is 55.5 Å². The monoisotopic (exact) mass is 411 g/mol. The van der Waals surface area contributed by atoms with Crippen molar-refractivity contribution in [3.8, 4) is 0 Å². The molecular formula is C21H21N3O4S. The number of para-hydroxylation sites is 2. The van der Waals surface area contributed by atoms with Crippen molar-refractivity contribution in [2.75, 3.05) is 16.4 Å². The zero-order chi connectivity index (χ0) is 20.6. The molecule has 1 aliphatic heterocycles. The lowest BCUT2D eigenvalue weighted by molar-refractivity contribution is -0.119. The van der Waals surface area contributed by atoms with Crippen molar-refractivity contribution in [3.63, 3.8) is 0 Å². The lowest BCUT2D eigenvalue weighted by Gasteiger charge is -2.29. The number of carbonyl (C=O) groups excluding carboxylic acids is 1. The Hall–Kier alpha value is -3.00. The van der Waals surface area contributed by atoms with Crippen LogP contribution in [-0.2, 0) is 21.2 Å². The molecule has 1 amide bonds. The second-order valence-electron chi connectivity index (χ2n) is 7.22. The van der Waals surface area contributed by atoms with Gasteiger partial charge in [-0.05, 0) is 37.6 Å². The van der Waals surface area contributed by atoms with Crippen molar-refractivity contribution >= 4 is 32.3 Å². The highest BCUT2D eigenvalue weighted by atomic mass is 32.2. The SMILES string of the molecule is Cc1nc2ccccc2c(=O)n1CC(=O)N(c1ccccc1)[C@H]1CCS(=O)(=O)C1. The molecule has 150 valence electrons. The molecule has 2 aromatic carbocycles. The molecule has 0 aliphatic carbocycles. The zero-order valence-corrected chi connectivity index (χ0v) is 16.8. The lowest BCUT2D eigenvalue weighted by atomic mass is 10.1. The second-order valence-corrected chi connectivity index (χ2v) is 9.45. The van der Waals surface area contributed by atoms with E-state index in [-0.39, 0.29) is 29.5 Å². The summed E-state index contributed by atoms with van der Waals surface area (Å²) in [6.07, 6.45) is 0.382. The summed E-state index contributed by atoms with van der Waals surface area (Å²) in [6.45, 7) is 1.49. The van der Waals surface area contributed by atoms with Gasteiger partial charge in [-0.2, -0.15) is 0 Å². The Bertz CT molecular complexity index is 1240. The maximum Gasteiger partial charge on any atom is 0.261 e. The Kier molecular flexibility index (Phi) is 4.96. The van der Waals surface area contributed by atoms with Gasteiger partial charge in [0.1, 0.15) is 12.4 Å². The van der Waals surface area contributed by atoms with E-state index >= 15 is 0 Å². The topological polar surface area (TPSA) is 89.3 Å². The summed E-state index contributed by atoms with van der Waals surface area (Å²) in [4.78, 5) is 32.2. The molecule has 0 radical (unpaired) electrons. The number of carbonyl (C=O) groups is 1. The molecular weight excluding hydrogens is 390 g/mol. The summed E-state index contributed by atoms with van der Waals surface area (Å²) in [5, 5.41) is 0.445. The Morgan fingerprint density at radius 2 is 1.83 bits per heavy atom. The van der Waals surface area contributed by atoms with Gasteiger partial charge in [0, 0.05) is 5.69 Å². The fourth-order valence-electron chi connectivity index (χ4n) is 3.80. The van der Waals surface area contributed by atoms with E-state index in [4.69, 9.17) is 0 Å². The molecule has 3 aromatic rings. The lowest BCUT2D eigenvalue weighted by Crippen LogP contribution is -2.44. The molecule has 7 nitrogen and oxygen atoms in total. The van der Waals surface area contributed by atoms with Gasteiger partial charge in [-0.25, -0.2) is 13.4 Å². The standard InChI is InChI=1S/C21H21N3O4S/c1-15-22-19-10-6-5-9-18(19)21(26)23(15)13-20(25)24(16-7-3-2-4-8-16)17-11-12-29(27,28)14-17/h2-10,17H,11-14H2,1H3/t17-/m0/s1. The first-order valence-corrected chi connectivity index (χ1v) is 11.2. The van der Waals surface area contributed by atoms with Gasteiger partial charge in [-0.15, -0.1) is 0 Å². The number of fused-ring (bicyclic) bond motifs is 1. The summed E-state index contributed by atoms with van der Waals surface area (Å²) >= 11 is 0. The normalized spacial score (nSPS) is 18.0. The van der Waals surface area contributed by atoms with Gasteiger partial charge >= 0.3 is 0 Å². The van der Waals surface area contributed by atoms with Crippen LogP contribution in [-0.4, -0.2) is 41.4 Å². The molecule has 8 heteroatoms. The van der Waals surface area contributed by atoms with Crippen LogP contribution >= 0.6 is 0 Å². The van der Waals surface area contributed by atoms with Crippen LogP contribution in [0.1, 0.15) is 12.2 Å². The number of nitrogens with zero attached hydrogens (tertiary/aromatic N) is 3. The maximum absolute atomic E-state index is 13.3. The molecule has 0 spiro atoms. The minimum atomic E-state index is -3.17. The van der Waals surface area contributed by atoms with Gasteiger partial charge < -0.3 is 4.90 Å². The molecule has 0 bridgehead atoms. The highest BCUT2D eigenvalue weighted by Crippen LogP contribution is 2.25. The average molecular weight is 411 g/mol. The number of anilines is 1. The fourth-order valence-corrected chi connectivity index (χ4v) is 5.50. The minimum Gasteiger partial charge on any atom is -0.307 e. The van der Waals surface area contributed by atoms with E-state index in [0.717, 1.165) is 0 Å². The summed E-state index contributed by atoms with van der Waals surface area (Å²) < 4.78 is 25.4. The summed E-state index contributed by atoms with van der Waals surface area (Å²) in [7, 11) is -3.17. The predicted octanol–water partition coefficient (Wildman–Crippen LogP) is 1.93. The number of amides is 1.